The van der Waals surface area contributed by atoms with Crippen molar-refractivity contribution in [3.63, 3.8) is 0 Å². The van der Waals surface area contributed by atoms with Crippen LogP contribution in [0.3, 0.4) is 0 Å². The van der Waals surface area contributed by atoms with Crippen LogP contribution in [0.4, 0.5) is 10.3 Å². The van der Waals surface area contributed by atoms with E-state index >= 15 is 0 Å². The normalized spacial score (nSPS) is 11.1. The Morgan fingerprint density at radius 2 is 2.16 bits per heavy atom. The van der Waals surface area contributed by atoms with Crippen molar-refractivity contribution in [2.45, 2.75) is 20.8 Å². The van der Waals surface area contributed by atoms with Gasteiger partial charge in [0.2, 0.25) is 5.95 Å². The fourth-order valence-corrected chi connectivity index (χ4v) is 2.11. The van der Waals surface area contributed by atoms with Crippen LogP contribution in [0.25, 0.3) is 5.69 Å². The molecule has 0 unspecified atom stereocenters. The zero-order chi connectivity index (χ0) is 14.0. The number of aryl methyl sites for hydroxylation is 1. The monoisotopic (exact) mass is 325 g/mol. The number of benzene rings is 1. The van der Waals surface area contributed by atoms with Crippen molar-refractivity contribution in [2.24, 2.45) is 5.92 Å². The molecule has 0 saturated heterocycles. The molecule has 0 aliphatic carbocycles. The van der Waals surface area contributed by atoms with Gasteiger partial charge < -0.3 is 5.32 Å². The summed E-state index contributed by atoms with van der Waals surface area (Å²) in [6.45, 7) is 6.93. The number of nitrogens with zero attached hydrogens (tertiary/aromatic N) is 2. The number of nitrogens with one attached hydrogen (secondary N) is 1. The molecule has 5 heteroatoms. The summed E-state index contributed by atoms with van der Waals surface area (Å²) in [6.07, 6.45) is 1.83. The number of hydrogen-bond donors (Lipinski definition) is 1. The Morgan fingerprint density at radius 1 is 1.42 bits per heavy atom. The number of halogens is 2. The molecular weight excluding hydrogens is 309 g/mol. The minimum absolute atomic E-state index is 0.278. The molecule has 0 aliphatic heterocycles. The molecular formula is C14H17BrFN3. The molecule has 1 N–H and O–H groups in total. The average molecular weight is 326 g/mol. The first kappa shape index (κ1) is 14.1. The van der Waals surface area contributed by atoms with E-state index in [2.05, 4.69) is 40.1 Å². The molecule has 0 bridgehead atoms. The highest BCUT2D eigenvalue weighted by Crippen LogP contribution is 2.22. The van der Waals surface area contributed by atoms with Crippen LogP contribution in [0.15, 0.2) is 28.9 Å². The second-order valence-corrected chi connectivity index (χ2v) is 5.86. The van der Waals surface area contributed by atoms with Crippen LogP contribution >= 0.6 is 15.9 Å². The summed E-state index contributed by atoms with van der Waals surface area (Å²) in [5, 5.41) is 3.25. The molecule has 0 aliphatic rings. The second-order valence-electron chi connectivity index (χ2n) is 4.95. The van der Waals surface area contributed by atoms with Gasteiger partial charge in [-0.1, -0.05) is 29.8 Å². The van der Waals surface area contributed by atoms with Crippen molar-refractivity contribution in [1.29, 1.82) is 0 Å². The molecule has 1 aromatic heterocycles. The zero-order valence-electron chi connectivity index (χ0n) is 11.2. The lowest BCUT2D eigenvalue weighted by atomic mass is 10.2. The van der Waals surface area contributed by atoms with Crippen molar-refractivity contribution < 1.29 is 4.39 Å². The maximum atomic E-state index is 14.0. The lowest BCUT2D eigenvalue weighted by Gasteiger charge is -2.12. The summed E-state index contributed by atoms with van der Waals surface area (Å²) in [4.78, 5) is 4.40. The average Bonchev–Trinajstić information content (AvgIpc) is 2.67. The van der Waals surface area contributed by atoms with Gasteiger partial charge in [0, 0.05) is 17.2 Å². The van der Waals surface area contributed by atoms with Gasteiger partial charge in [0.1, 0.15) is 5.82 Å². The predicted molar refractivity (Wildman–Crippen MR) is 79.3 cm³/mol. The van der Waals surface area contributed by atoms with Gasteiger partial charge in [0.05, 0.1) is 11.4 Å². The summed E-state index contributed by atoms with van der Waals surface area (Å²) in [5.41, 5.74) is 1.35. The topological polar surface area (TPSA) is 29.9 Å². The summed E-state index contributed by atoms with van der Waals surface area (Å²) in [6, 6.07) is 5.01. The number of rotatable bonds is 4. The van der Waals surface area contributed by atoms with Crippen LogP contribution in [0.2, 0.25) is 0 Å². The first-order valence-corrected chi connectivity index (χ1v) is 7.02. The minimum atomic E-state index is -0.278. The Kier molecular flexibility index (Phi) is 4.24. The summed E-state index contributed by atoms with van der Waals surface area (Å²) >= 11 is 3.26. The molecule has 0 spiro atoms. The Hall–Kier alpha value is -1.36. The molecule has 3 nitrogen and oxygen atoms in total. The molecule has 102 valence electrons. The molecule has 0 fully saturated rings. The minimum Gasteiger partial charge on any atom is -0.355 e. The molecule has 0 amide bonds. The van der Waals surface area contributed by atoms with E-state index in [4.69, 9.17) is 0 Å². The quantitative estimate of drug-likeness (QED) is 0.915. The zero-order valence-corrected chi connectivity index (χ0v) is 12.8. The molecule has 0 atom stereocenters. The van der Waals surface area contributed by atoms with Crippen molar-refractivity contribution in [3.8, 4) is 5.69 Å². The van der Waals surface area contributed by atoms with Crippen molar-refractivity contribution in [1.82, 2.24) is 9.55 Å². The SMILES string of the molecule is Cc1cn(-c2ccc(Br)cc2F)c(NCC(C)C)n1. The summed E-state index contributed by atoms with van der Waals surface area (Å²) in [7, 11) is 0. The van der Waals surface area contributed by atoms with E-state index < -0.39 is 0 Å². The fraction of sp³-hybridized carbons (Fsp3) is 0.357. The lowest BCUT2D eigenvalue weighted by Crippen LogP contribution is -2.12. The van der Waals surface area contributed by atoms with Crippen molar-refractivity contribution in [2.75, 3.05) is 11.9 Å². The van der Waals surface area contributed by atoms with E-state index in [-0.39, 0.29) is 5.82 Å². The third kappa shape index (κ3) is 3.35. The molecule has 1 aromatic carbocycles. The molecule has 2 rings (SSSR count). The van der Waals surface area contributed by atoms with E-state index in [0.29, 0.717) is 17.6 Å². The van der Waals surface area contributed by atoms with Crippen LogP contribution in [0.1, 0.15) is 19.5 Å². The van der Waals surface area contributed by atoms with Gasteiger partial charge in [-0.05, 0) is 31.0 Å². The van der Waals surface area contributed by atoms with Gasteiger partial charge >= 0.3 is 0 Å². The van der Waals surface area contributed by atoms with Crippen LogP contribution in [-0.4, -0.2) is 16.1 Å². The second kappa shape index (κ2) is 5.74. The molecule has 1 heterocycles. The van der Waals surface area contributed by atoms with Crippen LogP contribution in [-0.2, 0) is 0 Å². The molecule has 2 aromatic rings. The van der Waals surface area contributed by atoms with Crippen LogP contribution < -0.4 is 5.32 Å². The van der Waals surface area contributed by atoms with Crippen molar-refractivity contribution in [3.05, 3.63) is 40.4 Å². The lowest BCUT2D eigenvalue weighted by molar-refractivity contribution is 0.616. The van der Waals surface area contributed by atoms with E-state index in [0.717, 1.165) is 16.7 Å². The fourth-order valence-electron chi connectivity index (χ4n) is 1.78. The number of anilines is 1. The number of aromatic nitrogens is 2. The third-order valence-corrected chi connectivity index (χ3v) is 3.16. The van der Waals surface area contributed by atoms with Gasteiger partial charge in [-0.15, -0.1) is 0 Å². The standard InChI is InChI=1S/C14H17BrFN3/c1-9(2)7-17-14-18-10(3)8-19(14)13-5-4-11(15)6-12(13)16/h4-6,8-9H,7H2,1-3H3,(H,17,18). The maximum absolute atomic E-state index is 14.0. The Bertz CT molecular complexity index is 578. The summed E-state index contributed by atoms with van der Waals surface area (Å²) < 4.78 is 16.5. The van der Waals surface area contributed by atoms with E-state index in [1.807, 2.05) is 19.2 Å². The van der Waals surface area contributed by atoms with Crippen molar-refractivity contribution >= 4 is 21.9 Å². The first-order valence-electron chi connectivity index (χ1n) is 6.22. The number of hydrogen-bond acceptors (Lipinski definition) is 2. The summed E-state index contributed by atoms with van der Waals surface area (Å²) in [5.74, 6) is 0.895. The highest BCUT2D eigenvalue weighted by Gasteiger charge is 2.11. The van der Waals surface area contributed by atoms with E-state index in [1.165, 1.54) is 6.07 Å². The van der Waals surface area contributed by atoms with Gasteiger partial charge in [0.15, 0.2) is 0 Å². The van der Waals surface area contributed by atoms with E-state index in [1.54, 1.807) is 10.6 Å². The maximum Gasteiger partial charge on any atom is 0.207 e. The first-order chi connectivity index (χ1) is 8.97. The Morgan fingerprint density at radius 3 is 2.79 bits per heavy atom. The molecule has 0 saturated carbocycles. The Labute approximate surface area is 121 Å². The molecule has 19 heavy (non-hydrogen) atoms. The molecule has 0 radical (unpaired) electrons. The third-order valence-electron chi connectivity index (χ3n) is 2.66. The Balaban J connectivity index is 2.38. The highest BCUT2D eigenvalue weighted by atomic mass is 79.9. The van der Waals surface area contributed by atoms with Crippen LogP contribution in [0, 0.1) is 18.7 Å². The van der Waals surface area contributed by atoms with Gasteiger partial charge in [-0.25, -0.2) is 9.37 Å². The highest BCUT2D eigenvalue weighted by molar-refractivity contribution is 9.10. The smallest absolute Gasteiger partial charge is 0.207 e. The van der Waals surface area contributed by atoms with E-state index in [9.17, 15) is 4.39 Å². The largest absolute Gasteiger partial charge is 0.355 e. The van der Waals surface area contributed by atoms with Crippen LogP contribution in [0.5, 0.6) is 0 Å². The van der Waals surface area contributed by atoms with Gasteiger partial charge in [-0.3, -0.25) is 4.57 Å². The van der Waals surface area contributed by atoms with Gasteiger partial charge in [-0.2, -0.15) is 0 Å². The predicted octanol–water partition coefficient (Wildman–Crippen LogP) is 4.15. The number of imidazole rings is 1. The van der Waals surface area contributed by atoms with Gasteiger partial charge in [0.25, 0.3) is 0 Å².